The highest BCUT2D eigenvalue weighted by molar-refractivity contribution is 5.85. The summed E-state index contributed by atoms with van der Waals surface area (Å²) in [6, 6.07) is 0. The minimum Gasteiger partial charge on any atom is -0.409 e. The first-order chi connectivity index (χ1) is 5.56. The van der Waals surface area contributed by atoms with Crippen LogP contribution in [0.5, 0.6) is 0 Å². The average Bonchev–Trinajstić information content (AvgIpc) is 1.95. The maximum Gasteiger partial charge on any atom is 0.144 e. The highest BCUT2D eigenvalue weighted by atomic mass is 16.4. The van der Waals surface area contributed by atoms with Gasteiger partial charge in [0, 0.05) is 5.41 Å². The van der Waals surface area contributed by atoms with Crippen LogP contribution in [0.25, 0.3) is 0 Å². The predicted molar refractivity (Wildman–Crippen MR) is 49.1 cm³/mol. The molecule has 0 amide bonds. The third kappa shape index (κ3) is 1.90. The molecule has 0 unspecified atom stereocenters. The van der Waals surface area contributed by atoms with Crippen LogP contribution in [0.1, 0.15) is 39.5 Å². The van der Waals surface area contributed by atoms with E-state index in [2.05, 4.69) is 5.16 Å². The summed E-state index contributed by atoms with van der Waals surface area (Å²) in [6.45, 7) is 4.06. The second-order valence-corrected chi connectivity index (χ2v) is 4.37. The normalized spacial score (nSPS) is 20.7. The van der Waals surface area contributed by atoms with Crippen LogP contribution in [0.2, 0.25) is 0 Å². The first-order valence-electron chi connectivity index (χ1n) is 4.54. The molecule has 1 aliphatic carbocycles. The Balaban J connectivity index is 2.46. The van der Waals surface area contributed by atoms with Gasteiger partial charge >= 0.3 is 0 Å². The number of nitrogens with two attached hydrogens (primary N) is 1. The van der Waals surface area contributed by atoms with E-state index >= 15 is 0 Å². The third-order valence-corrected chi connectivity index (χ3v) is 2.82. The summed E-state index contributed by atoms with van der Waals surface area (Å²) in [6.07, 6.45) is 5.00. The molecule has 0 aliphatic heterocycles. The average molecular weight is 170 g/mol. The number of oxime groups is 1. The zero-order valence-corrected chi connectivity index (χ0v) is 7.88. The van der Waals surface area contributed by atoms with E-state index in [0.29, 0.717) is 5.84 Å². The van der Waals surface area contributed by atoms with Crippen molar-refractivity contribution < 1.29 is 5.21 Å². The van der Waals surface area contributed by atoms with Crippen LogP contribution in [0.4, 0.5) is 0 Å². The van der Waals surface area contributed by atoms with Gasteiger partial charge in [0.15, 0.2) is 0 Å². The molecule has 12 heavy (non-hydrogen) atoms. The number of nitrogens with zero attached hydrogens (tertiary/aromatic N) is 1. The summed E-state index contributed by atoms with van der Waals surface area (Å²) in [5.74, 6) is 1.15. The van der Waals surface area contributed by atoms with Crippen LogP contribution in [0.15, 0.2) is 5.16 Å². The van der Waals surface area contributed by atoms with Gasteiger partial charge in [-0.15, -0.1) is 0 Å². The summed E-state index contributed by atoms with van der Waals surface area (Å²) < 4.78 is 0. The summed E-state index contributed by atoms with van der Waals surface area (Å²) >= 11 is 0. The predicted octanol–water partition coefficient (Wildman–Crippen LogP) is 1.95. The number of hydrogen-bond donors (Lipinski definition) is 2. The molecule has 0 saturated heterocycles. The van der Waals surface area contributed by atoms with Gasteiger partial charge in [-0.2, -0.15) is 0 Å². The monoisotopic (exact) mass is 170 g/mol. The summed E-state index contributed by atoms with van der Waals surface area (Å²) in [5.41, 5.74) is 5.44. The van der Waals surface area contributed by atoms with Gasteiger partial charge in [-0.05, 0) is 12.3 Å². The summed E-state index contributed by atoms with van der Waals surface area (Å²) in [5, 5.41) is 11.6. The Bertz CT molecular complexity index is 183. The fourth-order valence-electron chi connectivity index (χ4n) is 1.66. The van der Waals surface area contributed by atoms with E-state index in [9.17, 15) is 0 Å². The Hall–Kier alpha value is -0.730. The van der Waals surface area contributed by atoms with Crippen molar-refractivity contribution in [3.05, 3.63) is 0 Å². The molecule has 0 aromatic heterocycles. The summed E-state index contributed by atoms with van der Waals surface area (Å²) in [4.78, 5) is 0. The van der Waals surface area contributed by atoms with Gasteiger partial charge in [0.2, 0.25) is 0 Å². The lowest BCUT2D eigenvalue weighted by atomic mass is 9.73. The molecule has 1 saturated carbocycles. The van der Waals surface area contributed by atoms with Crippen molar-refractivity contribution >= 4 is 5.84 Å². The topological polar surface area (TPSA) is 58.6 Å². The van der Waals surface area contributed by atoms with Crippen LogP contribution < -0.4 is 5.73 Å². The molecule has 1 rings (SSSR count). The van der Waals surface area contributed by atoms with E-state index in [1.807, 2.05) is 13.8 Å². The third-order valence-electron chi connectivity index (χ3n) is 2.82. The smallest absolute Gasteiger partial charge is 0.144 e. The first kappa shape index (κ1) is 9.36. The van der Waals surface area contributed by atoms with Gasteiger partial charge < -0.3 is 10.9 Å². The molecule has 70 valence electrons. The lowest BCUT2D eigenvalue weighted by Gasteiger charge is -2.33. The van der Waals surface area contributed by atoms with E-state index in [1.54, 1.807) is 0 Å². The van der Waals surface area contributed by atoms with Crippen LogP contribution in [0.3, 0.4) is 0 Å². The Morgan fingerprint density at radius 2 is 2.17 bits per heavy atom. The van der Waals surface area contributed by atoms with Crippen molar-refractivity contribution in [3.8, 4) is 0 Å². The molecule has 1 fully saturated rings. The molecule has 0 aromatic carbocycles. The first-order valence-corrected chi connectivity index (χ1v) is 4.54. The molecular weight excluding hydrogens is 152 g/mol. The van der Waals surface area contributed by atoms with Crippen molar-refractivity contribution in [1.29, 1.82) is 0 Å². The Kier molecular flexibility index (Phi) is 2.60. The van der Waals surface area contributed by atoms with Crippen molar-refractivity contribution in [3.63, 3.8) is 0 Å². The Morgan fingerprint density at radius 1 is 1.58 bits per heavy atom. The molecule has 0 heterocycles. The molecular formula is C9H18N2O. The molecule has 3 nitrogen and oxygen atoms in total. The van der Waals surface area contributed by atoms with Crippen LogP contribution >= 0.6 is 0 Å². The standard InChI is InChI=1S/C9H18N2O/c1-9(2,8(10)11-12)6-7-4-3-5-7/h7,12H,3-6H2,1-2H3,(H2,10,11). The van der Waals surface area contributed by atoms with Gasteiger partial charge in [-0.25, -0.2) is 0 Å². The van der Waals surface area contributed by atoms with E-state index < -0.39 is 0 Å². The van der Waals surface area contributed by atoms with Crippen molar-refractivity contribution in [1.82, 2.24) is 0 Å². The second-order valence-electron chi connectivity index (χ2n) is 4.37. The molecule has 0 spiro atoms. The zero-order chi connectivity index (χ0) is 9.19. The molecule has 0 atom stereocenters. The number of hydrogen-bond acceptors (Lipinski definition) is 2. The molecule has 3 N–H and O–H groups in total. The highest BCUT2D eigenvalue weighted by Gasteiger charge is 2.30. The Labute approximate surface area is 73.6 Å². The SMILES string of the molecule is CC(C)(CC1CCC1)/C(N)=N/O. The van der Waals surface area contributed by atoms with Gasteiger partial charge in [-0.3, -0.25) is 0 Å². The lowest BCUT2D eigenvalue weighted by molar-refractivity contribution is 0.230. The second kappa shape index (κ2) is 3.33. The maximum atomic E-state index is 8.54. The van der Waals surface area contributed by atoms with Crippen molar-refractivity contribution in [2.45, 2.75) is 39.5 Å². The molecule has 1 aliphatic rings. The van der Waals surface area contributed by atoms with E-state index in [4.69, 9.17) is 10.9 Å². The molecule has 0 radical (unpaired) electrons. The Morgan fingerprint density at radius 3 is 2.50 bits per heavy atom. The maximum absolute atomic E-state index is 8.54. The van der Waals surface area contributed by atoms with Gasteiger partial charge in [-0.1, -0.05) is 38.3 Å². The minimum atomic E-state index is -0.139. The van der Waals surface area contributed by atoms with E-state index in [0.717, 1.165) is 12.3 Å². The van der Waals surface area contributed by atoms with Gasteiger partial charge in [0.1, 0.15) is 5.84 Å². The number of rotatable bonds is 3. The summed E-state index contributed by atoms with van der Waals surface area (Å²) in [7, 11) is 0. The molecule has 0 bridgehead atoms. The number of amidine groups is 1. The highest BCUT2D eigenvalue weighted by Crippen LogP contribution is 2.37. The molecule has 3 heteroatoms. The van der Waals surface area contributed by atoms with Crippen molar-refractivity contribution in [2.75, 3.05) is 0 Å². The minimum absolute atomic E-state index is 0.139. The van der Waals surface area contributed by atoms with E-state index in [-0.39, 0.29) is 5.41 Å². The van der Waals surface area contributed by atoms with E-state index in [1.165, 1.54) is 19.3 Å². The van der Waals surface area contributed by atoms with Crippen LogP contribution in [0, 0.1) is 11.3 Å². The molecule has 0 aromatic rings. The van der Waals surface area contributed by atoms with Crippen LogP contribution in [-0.4, -0.2) is 11.0 Å². The van der Waals surface area contributed by atoms with Crippen molar-refractivity contribution in [2.24, 2.45) is 22.2 Å². The van der Waals surface area contributed by atoms with Crippen LogP contribution in [-0.2, 0) is 0 Å². The zero-order valence-electron chi connectivity index (χ0n) is 7.88. The van der Waals surface area contributed by atoms with Gasteiger partial charge in [0.05, 0.1) is 0 Å². The largest absolute Gasteiger partial charge is 0.409 e. The fourth-order valence-corrected chi connectivity index (χ4v) is 1.66. The lowest BCUT2D eigenvalue weighted by Crippen LogP contribution is -2.35. The van der Waals surface area contributed by atoms with Gasteiger partial charge in [0.25, 0.3) is 0 Å². The quantitative estimate of drug-likeness (QED) is 0.294. The fraction of sp³-hybridized carbons (Fsp3) is 0.889.